The molecule has 128 valence electrons. The molecule has 2 aromatic heterocycles. The average Bonchev–Trinajstić information content (AvgIpc) is 3.00. The summed E-state index contributed by atoms with van der Waals surface area (Å²) < 4.78 is 34.2. The van der Waals surface area contributed by atoms with Crippen molar-refractivity contribution in [2.45, 2.75) is 25.3 Å². The maximum absolute atomic E-state index is 12.5. The molecule has 0 aliphatic carbocycles. The minimum atomic E-state index is -3.72. The number of nitrogens with one attached hydrogen (secondary N) is 1. The molecule has 0 unspecified atom stereocenters. The summed E-state index contributed by atoms with van der Waals surface area (Å²) in [5.74, 6) is 0.418. The number of ether oxygens (including phenoxy) is 1. The normalized spacial score (nSPS) is 12.0. The van der Waals surface area contributed by atoms with Crippen LogP contribution in [0.3, 0.4) is 0 Å². The molecule has 10 heteroatoms. The van der Waals surface area contributed by atoms with Crippen molar-refractivity contribution in [3.05, 3.63) is 39.6 Å². The van der Waals surface area contributed by atoms with Crippen molar-refractivity contribution in [2.24, 2.45) is 0 Å². The highest BCUT2D eigenvalue weighted by atomic mass is 35.5. The van der Waals surface area contributed by atoms with Crippen molar-refractivity contribution < 1.29 is 13.2 Å². The molecule has 3 rings (SSSR count). The van der Waals surface area contributed by atoms with Gasteiger partial charge in [0.2, 0.25) is 15.0 Å². The van der Waals surface area contributed by atoms with Crippen LogP contribution >= 0.6 is 22.9 Å². The van der Waals surface area contributed by atoms with E-state index in [9.17, 15) is 8.42 Å². The number of halogens is 1. The second-order valence-electron chi connectivity index (χ2n) is 5.08. The van der Waals surface area contributed by atoms with Crippen LogP contribution in [0, 0.1) is 13.8 Å². The first kappa shape index (κ1) is 17.2. The molecule has 0 amide bonds. The molecule has 2 heterocycles. The van der Waals surface area contributed by atoms with Gasteiger partial charge in [-0.1, -0.05) is 22.9 Å². The monoisotopic (exact) mass is 386 g/mol. The number of fused-ring (bicyclic) bond motifs is 1. The number of imidazole rings is 1. The Morgan fingerprint density at radius 1 is 1.38 bits per heavy atom. The molecule has 24 heavy (non-hydrogen) atoms. The number of rotatable bonds is 5. The van der Waals surface area contributed by atoms with Gasteiger partial charge in [-0.25, -0.2) is 22.6 Å². The lowest BCUT2D eigenvalue weighted by atomic mass is 10.3. The molecule has 7 nitrogen and oxygen atoms in total. The maximum atomic E-state index is 12.5. The molecule has 0 atom stereocenters. The van der Waals surface area contributed by atoms with Crippen molar-refractivity contribution in [3.8, 4) is 5.75 Å². The topological polar surface area (TPSA) is 85.6 Å². The second-order valence-corrected chi connectivity index (χ2v) is 8.41. The zero-order chi connectivity index (χ0) is 17.5. The van der Waals surface area contributed by atoms with E-state index in [2.05, 4.69) is 14.8 Å². The molecule has 0 aliphatic heterocycles. The van der Waals surface area contributed by atoms with E-state index >= 15 is 0 Å². The number of benzene rings is 1. The van der Waals surface area contributed by atoms with E-state index < -0.39 is 10.0 Å². The Hall–Kier alpha value is -1.68. The minimum absolute atomic E-state index is 0.0705. The molecule has 0 saturated carbocycles. The van der Waals surface area contributed by atoms with Crippen molar-refractivity contribution in [1.29, 1.82) is 0 Å². The van der Waals surface area contributed by atoms with Crippen LogP contribution in [0.1, 0.15) is 16.4 Å². The first-order valence-electron chi connectivity index (χ1n) is 6.96. The van der Waals surface area contributed by atoms with E-state index in [0.29, 0.717) is 11.4 Å². The Bertz CT molecular complexity index is 1010. The Balaban J connectivity index is 1.86. The first-order chi connectivity index (χ1) is 11.3. The van der Waals surface area contributed by atoms with Gasteiger partial charge in [-0.2, -0.15) is 5.10 Å². The van der Waals surface area contributed by atoms with E-state index in [0.717, 1.165) is 15.7 Å². The van der Waals surface area contributed by atoms with Gasteiger partial charge in [-0.15, -0.1) is 0 Å². The Morgan fingerprint density at radius 2 is 2.12 bits per heavy atom. The van der Waals surface area contributed by atoms with E-state index in [4.69, 9.17) is 16.3 Å². The van der Waals surface area contributed by atoms with Crippen LogP contribution in [0.15, 0.2) is 23.1 Å². The lowest BCUT2D eigenvalue weighted by Gasteiger charge is -2.09. The summed E-state index contributed by atoms with van der Waals surface area (Å²) in [4.78, 5) is 5.20. The van der Waals surface area contributed by atoms with Crippen LogP contribution in [0.4, 0.5) is 0 Å². The van der Waals surface area contributed by atoms with Crippen LogP contribution in [-0.2, 0) is 16.6 Å². The van der Waals surface area contributed by atoms with E-state index in [-0.39, 0.29) is 16.5 Å². The van der Waals surface area contributed by atoms with E-state index in [1.165, 1.54) is 36.6 Å². The number of aromatic nitrogens is 3. The number of hydrogen-bond donors (Lipinski definition) is 1. The van der Waals surface area contributed by atoms with Gasteiger partial charge in [0.15, 0.2) is 0 Å². The van der Waals surface area contributed by atoms with Crippen molar-refractivity contribution in [3.63, 3.8) is 0 Å². The standard InChI is InChI=1S/C14H15ClN4O3S2/c1-8-12(19-14(17-8)23-9(2)18-19)7-16-24(20,21)10-4-5-13(22-3)11(15)6-10/h4-6,16H,7H2,1-3H3. The molecule has 0 saturated heterocycles. The lowest BCUT2D eigenvalue weighted by molar-refractivity contribution is 0.414. The quantitative estimate of drug-likeness (QED) is 0.728. The number of sulfonamides is 1. The molecule has 0 spiro atoms. The van der Waals surface area contributed by atoms with Gasteiger partial charge in [0.05, 0.1) is 35.0 Å². The van der Waals surface area contributed by atoms with E-state index in [1.807, 2.05) is 13.8 Å². The minimum Gasteiger partial charge on any atom is -0.495 e. The molecular formula is C14H15ClN4O3S2. The summed E-state index contributed by atoms with van der Waals surface area (Å²) in [5.41, 5.74) is 1.45. The third-order valence-corrected chi connectivity index (χ3v) is 5.98. The highest BCUT2D eigenvalue weighted by molar-refractivity contribution is 7.89. The zero-order valence-corrected chi connectivity index (χ0v) is 15.6. The van der Waals surface area contributed by atoms with Gasteiger partial charge in [-0.3, -0.25) is 0 Å². The highest BCUT2D eigenvalue weighted by Gasteiger charge is 2.19. The predicted octanol–water partition coefficient (Wildman–Crippen LogP) is 2.55. The molecule has 3 aromatic rings. The fourth-order valence-corrected chi connectivity index (χ4v) is 4.39. The maximum Gasteiger partial charge on any atom is 0.240 e. The molecule has 0 radical (unpaired) electrons. The Morgan fingerprint density at radius 3 is 2.79 bits per heavy atom. The molecule has 0 bridgehead atoms. The molecule has 0 aliphatic rings. The van der Waals surface area contributed by atoms with Gasteiger partial charge in [0.1, 0.15) is 10.8 Å². The van der Waals surface area contributed by atoms with Gasteiger partial charge in [0.25, 0.3) is 0 Å². The summed E-state index contributed by atoms with van der Waals surface area (Å²) in [7, 11) is -2.25. The van der Waals surface area contributed by atoms with Crippen LogP contribution in [0.5, 0.6) is 5.75 Å². The molecular weight excluding hydrogens is 372 g/mol. The third-order valence-electron chi connectivity index (χ3n) is 3.46. The SMILES string of the molecule is COc1ccc(S(=O)(=O)NCc2c(C)nc3sc(C)nn23)cc1Cl. The van der Waals surface area contributed by atoms with Gasteiger partial charge < -0.3 is 4.74 Å². The Labute approximate surface area is 148 Å². The van der Waals surface area contributed by atoms with Crippen molar-refractivity contribution in [2.75, 3.05) is 7.11 Å². The number of methoxy groups -OCH3 is 1. The van der Waals surface area contributed by atoms with Crippen molar-refractivity contribution >= 4 is 37.9 Å². The summed E-state index contributed by atoms with van der Waals surface area (Å²) in [5, 5.41) is 5.44. The molecule has 0 fully saturated rings. The third kappa shape index (κ3) is 3.12. The second kappa shape index (κ2) is 6.32. The van der Waals surface area contributed by atoms with Crippen molar-refractivity contribution in [1.82, 2.24) is 19.3 Å². The Kier molecular flexibility index (Phi) is 4.52. The summed E-state index contributed by atoms with van der Waals surface area (Å²) in [6, 6.07) is 4.32. The highest BCUT2D eigenvalue weighted by Crippen LogP contribution is 2.27. The average molecular weight is 387 g/mol. The van der Waals surface area contributed by atoms with Gasteiger partial charge in [-0.05, 0) is 32.0 Å². The predicted molar refractivity (Wildman–Crippen MR) is 92.4 cm³/mol. The molecule has 1 aromatic carbocycles. The molecule has 1 N–H and O–H groups in total. The van der Waals surface area contributed by atoms with Crippen LogP contribution in [-0.4, -0.2) is 30.1 Å². The summed E-state index contributed by atoms with van der Waals surface area (Å²) in [6.07, 6.45) is 0. The summed E-state index contributed by atoms with van der Waals surface area (Å²) in [6.45, 7) is 3.79. The van der Waals surface area contributed by atoms with Gasteiger partial charge in [0, 0.05) is 0 Å². The van der Waals surface area contributed by atoms with E-state index in [1.54, 1.807) is 4.52 Å². The van der Waals surface area contributed by atoms with Crippen LogP contribution < -0.4 is 9.46 Å². The smallest absolute Gasteiger partial charge is 0.240 e. The largest absolute Gasteiger partial charge is 0.495 e. The fourth-order valence-electron chi connectivity index (χ4n) is 2.25. The zero-order valence-electron chi connectivity index (χ0n) is 13.2. The number of aryl methyl sites for hydroxylation is 2. The van der Waals surface area contributed by atoms with Crippen LogP contribution in [0.2, 0.25) is 5.02 Å². The number of nitrogens with zero attached hydrogens (tertiary/aromatic N) is 3. The van der Waals surface area contributed by atoms with Crippen LogP contribution in [0.25, 0.3) is 4.96 Å². The fraction of sp³-hybridized carbons (Fsp3) is 0.286. The van der Waals surface area contributed by atoms with Gasteiger partial charge >= 0.3 is 0 Å². The first-order valence-corrected chi connectivity index (χ1v) is 9.64. The number of hydrogen-bond acceptors (Lipinski definition) is 6. The lowest BCUT2D eigenvalue weighted by Crippen LogP contribution is -2.24. The summed E-state index contributed by atoms with van der Waals surface area (Å²) >= 11 is 7.46.